The van der Waals surface area contributed by atoms with Crippen LogP contribution in [-0.4, -0.2) is 45.7 Å². The lowest BCUT2D eigenvalue weighted by Crippen LogP contribution is -2.32. The lowest BCUT2D eigenvalue weighted by atomic mass is 10.1. The Morgan fingerprint density at radius 1 is 0.970 bits per heavy atom. The van der Waals surface area contributed by atoms with Gasteiger partial charge in [0.2, 0.25) is 5.88 Å². The maximum Gasteiger partial charge on any atom is 0.227 e. The summed E-state index contributed by atoms with van der Waals surface area (Å²) in [7, 11) is 1.58. The maximum absolute atomic E-state index is 6.37. The molecule has 1 fully saturated rings. The topological polar surface area (TPSA) is 80.5 Å². The first-order valence-corrected chi connectivity index (χ1v) is 10.9. The summed E-state index contributed by atoms with van der Waals surface area (Å²) < 4.78 is 25.8. The minimum Gasteiger partial charge on any atom is -0.491 e. The number of benzene rings is 2. The largest absolute Gasteiger partial charge is 0.491 e. The number of nitrogens with zero attached hydrogens (tertiary/aromatic N) is 4. The molecular formula is C25H26N4O4. The molecule has 0 aliphatic carbocycles. The number of aromatic nitrogens is 4. The highest BCUT2D eigenvalue weighted by Gasteiger charge is 2.39. The molecule has 2 aromatic heterocycles. The Hall–Kier alpha value is -3.65. The Morgan fingerprint density at radius 2 is 1.67 bits per heavy atom. The highest BCUT2D eigenvalue weighted by Crippen LogP contribution is 2.33. The molecule has 5 rings (SSSR count). The number of ether oxygens (including phenoxy) is 4. The molecule has 0 amide bonds. The Bertz CT molecular complexity index is 1220. The van der Waals surface area contributed by atoms with Crippen molar-refractivity contribution in [2.45, 2.75) is 38.7 Å². The second-order valence-electron chi connectivity index (χ2n) is 8.19. The third kappa shape index (κ3) is 4.61. The summed E-state index contributed by atoms with van der Waals surface area (Å²) in [5.74, 6) is 2.08. The van der Waals surface area contributed by atoms with E-state index in [0.29, 0.717) is 24.6 Å². The highest BCUT2D eigenvalue weighted by atomic mass is 16.6. The van der Waals surface area contributed by atoms with Crippen molar-refractivity contribution in [1.29, 1.82) is 0 Å². The quantitative estimate of drug-likeness (QED) is 0.419. The molecule has 0 N–H and O–H groups in total. The van der Waals surface area contributed by atoms with Gasteiger partial charge in [-0.25, -0.2) is 14.6 Å². The molecule has 33 heavy (non-hydrogen) atoms. The first-order valence-electron chi connectivity index (χ1n) is 10.9. The Labute approximate surface area is 192 Å². The second-order valence-corrected chi connectivity index (χ2v) is 8.19. The molecule has 0 spiro atoms. The number of aryl methyl sites for hydroxylation is 2. The summed E-state index contributed by atoms with van der Waals surface area (Å²) in [6.45, 7) is 4.46. The van der Waals surface area contributed by atoms with Crippen molar-refractivity contribution in [3.8, 4) is 17.4 Å². The molecule has 1 aliphatic rings. The van der Waals surface area contributed by atoms with E-state index >= 15 is 0 Å². The van der Waals surface area contributed by atoms with Crippen LogP contribution in [0.5, 0.6) is 17.4 Å². The third-order valence-electron chi connectivity index (χ3n) is 5.71. The van der Waals surface area contributed by atoms with E-state index in [2.05, 4.69) is 22.0 Å². The van der Waals surface area contributed by atoms with Gasteiger partial charge in [-0.3, -0.25) is 0 Å². The average molecular weight is 447 g/mol. The van der Waals surface area contributed by atoms with Gasteiger partial charge < -0.3 is 18.9 Å². The van der Waals surface area contributed by atoms with E-state index in [1.807, 2.05) is 61.7 Å². The number of hydrogen-bond donors (Lipinski definition) is 0. The molecule has 1 aliphatic heterocycles. The van der Waals surface area contributed by atoms with E-state index in [1.54, 1.807) is 11.8 Å². The summed E-state index contributed by atoms with van der Waals surface area (Å²) in [5, 5.41) is 5.32. The molecule has 0 saturated carbocycles. The van der Waals surface area contributed by atoms with Gasteiger partial charge in [0.15, 0.2) is 11.9 Å². The first kappa shape index (κ1) is 21.2. The van der Waals surface area contributed by atoms with Gasteiger partial charge >= 0.3 is 0 Å². The van der Waals surface area contributed by atoms with Gasteiger partial charge in [-0.2, -0.15) is 0 Å². The maximum atomic E-state index is 6.37. The molecule has 0 radical (unpaired) electrons. The van der Waals surface area contributed by atoms with Crippen molar-refractivity contribution >= 4 is 11.0 Å². The fourth-order valence-corrected chi connectivity index (χ4v) is 3.88. The van der Waals surface area contributed by atoms with Gasteiger partial charge in [-0.1, -0.05) is 35.4 Å². The van der Waals surface area contributed by atoms with E-state index in [9.17, 15) is 0 Å². The SMILES string of the molecule is COc1ncnc2nn([C@H]3C[C@H](Oc4ccc(C)cc4)[C@@H](COc4ccc(C)cc4)O3)cc12. The van der Waals surface area contributed by atoms with E-state index in [4.69, 9.17) is 18.9 Å². The molecule has 4 aromatic rings. The average Bonchev–Trinajstić information content (AvgIpc) is 3.44. The van der Waals surface area contributed by atoms with Gasteiger partial charge in [0.05, 0.1) is 7.11 Å². The molecule has 3 heterocycles. The van der Waals surface area contributed by atoms with Gasteiger partial charge in [-0.05, 0) is 38.1 Å². The van der Waals surface area contributed by atoms with E-state index in [1.165, 1.54) is 17.5 Å². The molecule has 8 nitrogen and oxygen atoms in total. The predicted octanol–water partition coefficient (Wildman–Crippen LogP) is 4.27. The van der Waals surface area contributed by atoms with E-state index in [-0.39, 0.29) is 18.4 Å². The fraction of sp³-hybridized carbons (Fsp3) is 0.320. The zero-order chi connectivity index (χ0) is 22.8. The molecule has 8 heteroatoms. The lowest BCUT2D eigenvalue weighted by molar-refractivity contribution is -0.0397. The van der Waals surface area contributed by atoms with Crippen LogP contribution in [0.1, 0.15) is 23.8 Å². The van der Waals surface area contributed by atoms with Crippen LogP contribution in [-0.2, 0) is 4.74 Å². The van der Waals surface area contributed by atoms with E-state index < -0.39 is 0 Å². The molecule has 2 aromatic carbocycles. The number of rotatable bonds is 7. The van der Waals surface area contributed by atoms with E-state index in [0.717, 1.165) is 16.9 Å². The summed E-state index contributed by atoms with van der Waals surface area (Å²) in [6.07, 6.45) is 3.09. The number of hydrogen-bond acceptors (Lipinski definition) is 7. The third-order valence-corrected chi connectivity index (χ3v) is 5.71. The molecule has 170 valence electrons. The summed E-state index contributed by atoms with van der Waals surface area (Å²) in [6, 6.07) is 16.0. The Balaban J connectivity index is 1.37. The zero-order valence-electron chi connectivity index (χ0n) is 18.8. The lowest BCUT2D eigenvalue weighted by Gasteiger charge is -2.20. The molecule has 0 bridgehead atoms. The van der Waals surface area contributed by atoms with Gasteiger partial charge in [0.1, 0.15) is 42.0 Å². The first-order chi connectivity index (χ1) is 16.1. The minimum absolute atomic E-state index is 0.205. The van der Waals surface area contributed by atoms with Crippen LogP contribution in [0.15, 0.2) is 61.1 Å². The van der Waals surface area contributed by atoms with Crippen LogP contribution in [0.3, 0.4) is 0 Å². The van der Waals surface area contributed by atoms with Crippen molar-refractivity contribution in [1.82, 2.24) is 19.7 Å². The van der Waals surface area contributed by atoms with Crippen LogP contribution in [0.4, 0.5) is 0 Å². The Morgan fingerprint density at radius 3 is 2.36 bits per heavy atom. The summed E-state index contributed by atoms with van der Waals surface area (Å²) in [4.78, 5) is 8.40. The van der Waals surface area contributed by atoms with Crippen molar-refractivity contribution in [3.05, 3.63) is 72.2 Å². The van der Waals surface area contributed by atoms with Gasteiger partial charge in [-0.15, -0.1) is 5.10 Å². The number of fused-ring (bicyclic) bond motifs is 1. The van der Waals surface area contributed by atoms with Crippen molar-refractivity contribution in [2.24, 2.45) is 0 Å². The van der Waals surface area contributed by atoms with Crippen LogP contribution in [0, 0.1) is 13.8 Å². The second kappa shape index (κ2) is 9.07. The summed E-state index contributed by atoms with van der Waals surface area (Å²) in [5.41, 5.74) is 2.92. The van der Waals surface area contributed by atoms with Gasteiger partial charge in [0, 0.05) is 12.6 Å². The van der Waals surface area contributed by atoms with Crippen molar-refractivity contribution in [3.63, 3.8) is 0 Å². The zero-order valence-corrected chi connectivity index (χ0v) is 18.8. The fourth-order valence-electron chi connectivity index (χ4n) is 3.88. The smallest absolute Gasteiger partial charge is 0.227 e. The standard InChI is InChI=1S/C25H26N4O4/c1-16-4-8-18(9-5-16)31-14-22-21(32-19-10-6-17(2)7-11-19)12-23(33-22)29-13-20-24(28-29)26-15-27-25(20)30-3/h4-11,13,15,21-23H,12,14H2,1-3H3/t21-,22+,23+/m0/s1. The molecular weight excluding hydrogens is 420 g/mol. The highest BCUT2D eigenvalue weighted by molar-refractivity contribution is 5.79. The minimum atomic E-state index is -0.328. The molecule has 1 saturated heterocycles. The Kier molecular flexibility index (Phi) is 5.83. The van der Waals surface area contributed by atoms with Crippen molar-refractivity contribution in [2.75, 3.05) is 13.7 Å². The monoisotopic (exact) mass is 446 g/mol. The molecule has 0 unspecified atom stereocenters. The van der Waals surface area contributed by atoms with Gasteiger partial charge in [0.25, 0.3) is 0 Å². The summed E-state index contributed by atoms with van der Waals surface area (Å²) >= 11 is 0. The van der Waals surface area contributed by atoms with Crippen LogP contribution in [0.2, 0.25) is 0 Å². The molecule has 3 atom stereocenters. The van der Waals surface area contributed by atoms with Crippen LogP contribution < -0.4 is 14.2 Å². The number of methoxy groups -OCH3 is 1. The van der Waals surface area contributed by atoms with Crippen LogP contribution >= 0.6 is 0 Å². The predicted molar refractivity (Wildman–Crippen MR) is 123 cm³/mol. The van der Waals surface area contributed by atoms with Crippen molar-refractivity contribution < 1.29 is 18.9 Å². The van der Waals surface area contributed by atoms with Crippen LogP contribution in [0.25, 0.3) is 11.0 Å². The normalized spacial score (nSPS) is 20.2.